The van der Waals surface area contributed by atoms with Crippen molar-refractivity contribution in [3.05, 3.63) is 65.0 Å². The Morgan fingerprint density at radius 1 is 1.00 bits per heavy atom. The fourth-order valence-electron chi connectivity index (χ4n) is 1.85. The Balaban J connectivity index is 1.98. The van der Waals surface area contributed by atoms with Gasteiger partial charge in [-0.3, -0.25) is 0 Å². The maximum Gasteiger partial charge on any atom is 0.573 e. The Kier molecular flexibility index (Phi) is 5.68. The van der Waals surface area contributed by atoms with Crippen molar-refractivity contribution < 1.29 is 22.3 Å². The molecule has 0 aromatic heterocycles. The molecule has 126 valence electrons. The van der Waals surface area contributed by atoms with Gasteiger partial charge in [0.2, 0.25) is 0 Å². The van der Waals surface area contributed by atoms with Crippen molar-refractivity contribution in [2.45, 2.75) is 19.7 Å². The van der Waals surface area contributed by atoms with Gasteiger partial charge in [-0.05, 0) is 47.9 Å². The SMILES string of the molecule is CCc1ccc(C=NN=Cc2ccc(OC(F)(F)F)cc2)c(F)c1. The van der Waals surface area contributed by atoms with E-state index in [9.17, 15) is 17.6 Å². The van der Waals surface area contributed by atoms with Crippen LogP contribution in [0.15, 0.2) is 52.7 Å². The molecule has 2 aromatic rings. The maximum atomic E-state index is 13.7. The van der Waals surface area contributed by atoms with Crippen molar-refractivity contribution in [2.75, 3.05) is 0 Å². The van der Waals surface area contributed by atoms with Gasteiger partial charge < -0.3 is 4.74 Å². The summed E-state index contributed by atoms with van der Waals surface area (Å²) in [5.74, 6) is -0.705. The van der Waals surface area contributed by atoms with Crippen LogP contribution in [0.25, 0.3) is 0 Å². The molecule has 0 aliphatic carbocycles. The predicted molar refractivity (Wildman–Crippen MR) is 84.1 cm³/mol. The molecule has 0 bridgehead atoms. The van der Waals surface area contributed by atoms with Crippen LogP contribution in [-0.2, 0) is 6.42 Å². The van der Waals surface area contributed by atoms with Gasteiger partial charge in [0, 0.05) is 5.56 Å². The molecule has 0 fully saturated rings. The first-order valence-corrected chi connectivity index (χ1v) is 7.08. The Labute approximate surface area is 136 Å². The highest BCUT2D eigenvalue weighted by Gasteiger charge is 2.30. The van der Waals surface area contributed by atoms with Crippen molar-refractivity contribution >= 4 is 12.4 Å². The second-order valence-corrected chi connectivity index (χ2v) is 4.82. The molecule has 0 N–H and O–H groups in total. The van der Waals surface area contributed by atoms with Crippen LogP contribution in [0.5, 0.6) is 5.75 Å². The monoisotopic (exact) mass is 338 g/mol. The minimum atomic E-state index is -4.72. The molecule has 0 aliphatic rings. The molecular weight excluding hydrogens is 324 g/mol. The summed E-state index contributed by atoms with van der Waals surface area (Å²) < 4.78 is 53.6. The lowest BCUT2D eigenvalue weighted by Crippen LogP contribution is -2.16. The number of halogens is 4. The molecule has 0 unspecified atom stereocenters. The summed E-state index contributed by atoms with van der Waals surface area (Å²) in [5.41, 5.74) is 1.72. The molecule has 0 aliphatic heterocycles. The molecule has 0 atom stereocenters. The summed E-state index contributed by atoms with van der Waals surface area (Å²) in [6.07, 6.45) is -1.38. The summed E-state index contributed by atoms with van der Waals surface area (Å²) >= 11 is 0. The van der Waals surface area contributed by atoms with Crippen molar-refractivity contribution in [1.82, 2.24) is 0 Å². The third-order valence-electron chi connectivity index (χ3n) is 3.06. The molecular formula is C17H14F4N2O. The first-order valence-electron chi connectivity index (χ1n) is 7.08. The second kappa shape index (κ2) is 7.72. The minimum Gasteiger partial charge on any atom is -0.406 e. The van der Waals surface area contributed by atoms with Crippen LogP contribution in [0.1, 0.15) is 23.6 Å². The Morgan fingerprint density at radius 3 is 2.25 bits per heavy atom. The number of aryl methyl sites for hydroxylation is 1. The van der Waals surface area contributed by atoms with E-state index in [4.69, 9.17) is 0 Å². The van der Waals surface area contributed by atoms with Gasteiger partial charge in [-0.2, -0.15) is 10.2 Å². The molecule has 0 radical (unpaired) electrons. The zero-order valence-corrected chi connectivity index (χ0v) is 12.7. The van der Waals surface area contributed by atoms with Crippen LogP contribution in [-0.4, -0.2) is 18.8 Å². The van der Waals surface area contributed by atoms with Crippen molar-refractivity contribution in [2.24, 2.45) is 10.2 Å². The highest BCUT2D eigenvalue weighted by Crippen LogP contribution is 2.22. The number of rotatable bonds is 5. The fourth-order valence-corrected chi connectivity index (χ4v) is 1.85. The van der Waals surface area contributed by atoms with Crippen LogP contribution in [0, 0.1) is 5.82 Å². The Hall–Kier alpha value is -2.70. The second-order valence-electron chi connectivity index (χ2n) is 4.82. The number of ether oxygens (including phenoxy) is 1. The van der Waals surface area contributed by atoms with E-state index < -0.39 is 6.36 Å². The third-order valence-corrected chi connectivity index (χ3v) is 3.06. The number of hydrogen-bond donors (Lipinski definition) is 0. The number of hydrogen-bond acceptors (Lipinski definition) is 3. The lowest BCUT2D eigenvalue weighted by Gasteiger charge is -2.08. The molecule has 24 heavy (non-hydrogen) atoms. The standard InChI is InChI=1S/C17H14F4N2O/c1-2-12-3-6-14(16(18)9-12)11-23-22-10-13-4-7-15(8-5-13)24-17(19,20)21/h3-11H,2H2,1H3. The van der Waals surface area contributed by atoms with E-state index in [1.807, 2.05) is 6.92 Å². The van der Waals surface area contributed by atoms with E-state index in [0.717, 1.165) is 12.0 Å². The quantitative estimate of drug-likeness (QED) is 0.440. The first-order chi connectivity index (χ1) is 11.4. The highest BCUT2D eigenvalue weighted by molar-refractivity contribution is 5.83. The number of benzene rings is 2. The molecule has 0 spiro atoms. The van der Waals surface area contributed by atoms with Gasteiger partial charge >= 0.3 is 6.36 Å². The van der Waals surface area contributed by atoms with Crippen LogP contribution < -0.4 is 4.74 Å². The van der Waals surface area contributed by atoms with Gasteiger partial charge in [-0.15, -0.1) is 13.2 Å². The molecule has 3 nitrogen and oxygen atoms in total. The Morgan fingerprint density at radius 2 is 1.67 bits per heavy atom. The van der Waals surface area contributed by atoms with Crippen LogP contribution >= 0.6 is 0 Å². The van der Waals surface area contributed by atoms with Gasteiger partial charge in [0.05, 0.1) is 12.4 Å². The molecule has 2 aromatic carbocycles. The van der Waals surface area contributed by atoms with E-state index >= 15 is 0 Å². The largest absolute Gasteiger partial charge is 0.573 e. The lowest BCUT2D eigenvalue weighted by molar-refractivity contribution is -0.274. The van der Waals surface area contributed by atoms with E-state index in [2.05, 4.69) is 14.9 Å². The van der Waals surface area contributed by atoms with E-state index in [1.54, 1.807) is 12.1 Å². The predicted octanol–water partition coefficient (Wildman–Crippen LogP) is 4.74. The smallest absolute Gasteiger partial charge is 0.406 e. The fraction of sp³-hybridized carbons (Fsp3) is 0.176. The van der Waals surface area contributed by atoms with Crippen molar-refractivity contribution in [1.29, 1.82) is 0 Å². The number of alkyl halides is 3. The first kappa shape index (κ1) is 17.7. The average molecular weight is 338 g/mol. The topological polar surface area (TPSA) is 34.0 Å². The summed E-state index contributed by atoms with van der Waals surface area (Å²) in [7, 11) is 0. The van der Waals surface area contributed by atoms with Crippen LogP contribution in [0.2, 0.25) is 0 Å². The van der Waals surface area contributed by atoms with E-state index in [0.29, 0.717) is 11.1 Å². The summed E-state index contributed by atoms with van der Waals surface area (Å²) in [6.45, 7) is 1.93. The van der Waals surface area contributed by atoms with Crippen LogP contribution in [0.3, 0.4) is 0 Å². The molecule has 7 heteroatoms. The van der Waals surface area contributed by atoms with E-state index in [-0.39, 0.29) is 11.6 Å². The van der Waals surface area contributed by atoms with Gasteiger partial charge in [-0.1, -0.05) is 19.1 Å². The van der Waals surface area contributed by atoms with Gasteiger partial charge in [0.15, 0.2) is 0 Å². The van der Waals surface area contributed by atoms with Gasteiger partial charge in [0.1, 0.15) is 11.6 Å². The minimum absolute atomic E-state index is 0.304. The molecule has 0 amide bonds. The highest BCUT2D eigenvalue weighted by atomic mass is 19.4. The molecule has 2 rings (SSSR count). The van der Waals surface area contributed by atoms with Crippen molar-refractivity contribution in [3.8, 4) is 5.75 Å². The number of nitrogens with zero attached hydrogens (tertiary/aromatic N) is 2. The summed E-state index contributed by atoms with van der Waals surface area (Å²) in [5, 5.41) is 7.47. The third kappa shape index (κ3) is 5.49. The summed E-state index contributed by atoms with van der Waals surface area (Å²) in [6, 6.07) is 9.98. The van der Waals surface area contributed by atoms with Gasteiger partial charge in [0.25, 0.3) is 0 Å². The van der Waals surface area contributed by atoms with Crippen molar-refractivity contribution in [3.63, 3.8) is 0 Å². The maximum absolute atomic E-state index is 13.7. The van der Waals surface area contributed by atoms with Gasteiger partial charge in [-0.25, -0.2) is 4.39 Å². The molecule has 0 heterocycles. The molecule has 0 saturated heterocycles. The average Bonchev–Trinajstić information content (AvgIpc) is 2.52. The zero-order valence-electron chi connectivity index (χ0n) is 12.7. The normalized spacial score (nSPS) is 12.2. The lowest BCUT2D eigenvalue weighted by atomic mass is 10.1. The summed E-state index contributed by atoms with van der Waals surface area (Å²) in [4.78, 5) is 0. The zero-order chi connectivity index (χ0) is 17.6. The van der Waals surface area contributed by atoms with E-state index in [1.165, 1.54) is 42.8 Å². The van der Waals surface area contributed by atoms with Crippen LogP contribution in [0.4, 0.5) is 17.6 Å². The molecule has 0 saturated carbocycles. The Bertz CT molecular complexity index is 737.